The molecule has 3 fully saturated rings. The number of rotatable bonds is 26. The van der Waals surface area contributed by atoms with Gasteiger partial charge in [0.1, 0.15) is 49.2 Å². The lowest BCUT2D eigenvalue weighted by molar-refractivity contribution is -0.140. The van der Waals surface area contributed by atoms with Crippen LogP contribution < -0.4 is 43.4 Å². The number of alkyl carbamates (subject to hydrolysis) is 1. The number of Topliss-reactive ketones (excluding diaryl/α,β-unsaturated/α-hetero) is 1. The number of amides is 6. The van der Waals surface area contributed by atoms with Crippen LogP contribution in [0.4, 0.5) is 35.7 Å². The number of imidazole rings is 2. The molecule has 40 heteroatoms. The summed E-state index contributed by atoms with van der Waals surface area (Å²) in [5.41, 5.74) is 11.9. The largest absolute Gasteiger partial charge is 0.481 e. The molecule has 8 rings (SSSR count). The number of urea groups is 1. The average Bonchev–Trinajstić information content (AvgIpc) is 1.63. The molecule has 3 aliphatic heterocycles. The highest BCUT2D eigenvalue weighted by molar-refractivity contribution is 7.47. The van der Waals surface area contributed by atoms with Gasteiger partial charge < -0.3 is 77.6 Å². The van der Waals surface area contributed by atoms with Gasteiger partial charge in [-0.15, -0.1) is 0 Å². The third-order valence-corrected chi connectivity index (χ3v) is 16.4. The fourth-order valence-electron chi connectivity index (χ4n) is 9.85. The first-order valence-electron chi connectivity index (χ1n) is 28.3. The number of nitrogens with two attached hydrogens (primary N) is 2. The number of anilines is 3. The van der Waals surface area contributed by atoms with Gasteiger partial charge in [0.15, 0.2) is 59.0 Å². The molecule has 3 saturated heterocycles. The highest BCUT2D eigenvalue weighted by Gasteiger charge is 2.55. The van der Waals surface area contributed by atoms with Crippen molar-refractivity contribution >= 4 is 96.9 Å². The van der Waals surface area contributed by atoms with E-state index >= 15 is 8.78 Å². The summed E-state index contributed by atoms with van der Waals surface area (Å²) in [7, 11) is -10.6. The van der Waals surface area contributed by atoms with Gasteiger partial charge in [0.05, 0.1) is 44.4 Å². The molecular weight excluding hydrogens is 1260 g/mol. The van der Waals surface area contributed by atoms with Crippen molar-refractivity contribution in [2.45, 2.75) is 121 Å². The highest BCUT2D eigenvalue weighted by Crippen LogP contribution is 2.54. The topological polar surface area (TPSA) is 511 Å². The minimum Gasteiger partial charge on any atom is -0.481 e. The van der Waals surface area contributed by atoms with E-state index in [1.54, 1.807) is 26.0 Å². The summed E-state index contributed by atoms with van der Waals surface area (Å²) in [6.07, 6.45) is -13.8. The summed E-state index contributed by atoms with van der Waals surface area (Å²) in [6.45, 7) is 2.00. The number of ether oxygens (including phenoxy) is 3. The number of aliphatic hydroxyl groups is 1. The number of benzene rings is 1. The molecule has 5 aromatic rings. The van der Waals surface area contributed by atoms with Crippen LogP contribution in [0.5, 0.6) is 0 Å². The van der Waals surface area contributed by atoms with E-state index in [4.69, 9.17) is 48.9 Å². The second kappa shape index (κ2) is 30.4. The molecule has 6 amide bonds. The molecule has 14 atom stereocenters. The number of alkyl halides is 2. The molecule has 1 aromatic carbocycles. The zero-order valence-corrected chi connectivity index (χ0v) is 50.6. The van der Waals surface area contributed by atoms with Gasteiger partial charge in [-0.3, -0.25) is 51.2 Å². The molecule has 14 N–H and O–H groups in total. The number of phosphoric acid groups is 2. The number of nitrogens with zero attached hydrogens (tertiary/aromatic N) is 8. The minimum atomic E-state index is -5.30. The van der Waals surface area contributed by atoms with Crippen molar-refractivity contribution in [2.75, 3.05) is 55.8 Å². The Morgan fingerprint density at radius 2 is 1.36 bits per heavy atom. The average molecular weight is 1330 g/mol. The third-order valence-electron chi connectivity index (χ3n) is 14.5. The summed E-state index contributed by atoms with van der Waals surface area (Å²) in [6, 6.07) is 4.39. The number of aliphatic carboxylic acids is 1. The second-order valence-electron chi connectivity index (χ2n) is 21.6. The van der Waals surface area contributed by atoms with Gasteiger partial charge in [0.2, 0.25) is 17.7 Å². The molecule has 4 unspecified atom stereocenters. The molecule has 4 aromatic heterocycles. The maximum atomic E-state index is 16.6. The number of primary amides is 1. The van der Waals surface area contributed by atoms with Crippen molar-refractivity contribution in [3.05, 3.63) is 55.1 Å². The van der Waals surface area contributed by atoms with Crippen molar-refractivity contribution < 1.29 is 104 Å². The standard InChI is InChI=1S/C51H68F2N16O20P2/c1-24(2)37(67-33(72)10-12-56-46(75)25(3)13-34(73)74)30(71)14-27(5-4-11-57-50(55)77)47(76)66-28-8-6-26(7-9-28)17-83-51(78)59-16-29(70)15-58-43-39-45(63-21-61-43)69(23-65-39)49-36(53)41-32(87-49)19-85-90(79,80)88-40-31(18-84-91(81,82)89-41)86-48(35(40)52)68-22-64-38-42(54)60-20-62-44(38)68/h6-9,20-25,27,29,31-32,35-37,40-41,48-49,70H,4-5,10-19H2,1-3H3,(H,56,75)(H,59,78)(H,66,76)(H,67,72)(H,73,74)(H,79,80)(H,81,82)(H2,54,60,62)(H3,55,57,77)(H,58,61,63)/t25?,27-,29?,31-,32-,35-,36-,37+,40-,41-,48-,49-/m1/s1. The highest BCUT2D eigenvalue weighted by atomic mass is 31.2. The number of hydrogen-bond donors (Lipinski definition) is 12. The van der Waals surface area contributed by atoms with Gasteiger partial charge in [0.25, 0.3) is 0 Å². The lowest BCUT2D eigenvalue weighted by Gasteiger charge is -2.27. The Hall–Kier alpha value is -8.03. The Balaban J connectivity index is 0.801. The van der Waals surface area contributed by atoms with E-state index < -0.39 is 156 Å². The van der Waals surface area contributed by atoms with Crippen molar-refractivity contribution in [3.8, 4) is 0 Å². The first-order chi connectivity index (χ1) is 43.2. The number of ketones is 1. The molecule has 0 saturated carbocycles. The number of nitrogens with one attached hydrogen (secondary N) is 6. The summed E-state index contributed by atoms with van der Waals surface area (Å²) >= 11 is 0. The fourth-order valence-corrected chi connectivity index (χ4v) is 11.8. The van der Waals surface area contributed by atoms with Gasteiger partial charge in [0, 0.05) is 56.5 Å². The molecule has 3 aliphatic rings. The number of aromatic nitrogens is 8. The van der Waals surface area contributed by atoms with Crippen LogP contribution in [0.25, 0.3) is 22.3 Å². The zero-order valence-electron chi connectivity index (χ0n) is 48.8. The van der Waals surface area contributed by atoms with Crippen LogP contribution in [0.2, 0.25) is 0 Å². The number of nitrogen functional groups attached to an aromatic ring is 1. The summed E-state index contributed by atoms with van der Waals surface area (Å²) < 4.78 is 99.2. The summed E-state index contributed by atoms with van der Waals surface area (Å²) in [5, 5.41) is 35.4. The van der Waals surface area contributed by atoms with E-state index in [0.29, 0.717) is 11.3 Å². The van der Waals surface area contributed by atoms with Gasteiger partial charge >= 0.3 is 33.7 Å². The molecule has 7 heterocycles. The van der Waals surface area contributed by atoms with Crippen LogP contribution in [-0.2, 0) is 72.0 Å². The molecule has 0 radical (unpaired) electrons. The van der Waals surface area contributed by atoms with Gasteiger partial charge in [-0.1, -0.05) is 32.9 Å². The number of aliphatic hydroxyl groups excluding tert-OH is 1. The molecule has 0 aliphatic carbocycles. The lowest BCUT2D eigenvalue weighted by atomic mass is 9.89. The fraction of sp³-hybridized carbons (Fsp3) is 0.549. The number of hydrogen-bond acceptors (Lipinski definition) is 25. The summed E-state index contributed by atoms with van der Waals surface area (Å²) in [4.78, 5) is 133. The normalized spacial score (nSPS) is 25.5. The van der Waals surface area contributed by atoms with Gasteiger partial charge in [-0.2, -0.15) is 0 Å². The van der Waals surface area contributed by atoms with Gasteiger partial charge in [-0.25, -0.2) is 57.4 Å². The number of halogens is 2. The molecule has 0 spiro atoms. The predicted octanol–water partition coefficient (Wildman–Crippen LogP) is 1.16. The van der Waals surface area contributed by atoms with Crippen molar-refractivity contribution in [1.29, 1.82) is 0 Å². The van der Waals surface area contributed by atoms with Crippen LogP contribution in [0.3, 0.4) is 0 Å². The van der Waals surface area contributed by atoms with Crippen LogP contribution in [0.1, 0.15) is 70.9 Å². The number of carbonyl (C=O) groups excluding carboxylic acids is 6. The maximum absolute atomic E-state index is 16.6. The Bertz CT molecular complexity index is 3540. The van der Waals surface area contributed by atoms with Crippen LogP contribution >= 0.6 is 15.6 Å². The van der Waals surface area contributed by atoms with E-state index in [-0.39, 0.29) is 92.4 Å². The number of carboxylic acid groups (broad SMARTS) is 1. The molecular formula is C51H68F2N16O20P2. The number of carbonyl (C=O) groups is 7. The maximum Gasteiger partial charge on any atom is 0.472 e. The van der Waals surface area contributed by atoms with Gasteiger partial charge in [-0.05, 0) is 36.5 Å². The number of phosphoric ester groups is 2. The Labute approximate surface area is 514 Å². The van der Waals surface area contributed by atoms with Crippen molar-refractivity contribution in [2.24, 2.45) is 23.5 Å². The Kier molecular flexibility index (Phi) is 23.0. The van der Waals surface area contributed by atoms with E-state index in [1.165, 1.54) is 19.1 Å². The summed E-state index contributed by atoms with van der Waals surface area (Å²) in [5.74, 6) is -5.43. The monoisotopic (exact) mass is 1320 g/mol. The molecule has 91 heavy (non-hydrogen) atoms. The smallest absolute Gasteiger partial charge is 0.472 e. The van der Waals surface area contributed by atoms with E-state index in [2.05, 4.69) is 61.8 Å². The SMILES string of the molecule is CC(CC(=O)O)C(=O)NCCC(=O)N[C@H](C(=O)C[C@@H](CCCNC(N)=O)C(=O)Nc1ccc(COC(=O)NCC(O)CNc2ncnc3c2ncn3[C@@H]2O[C@@H]3COP(=O)(O)O[C@H]4[C@@H](F)[C@H](n5cnc6c(N)ncnc65)O[C@@H]4COP(=O)(O)O[C@H]3[C@H]2F)cc1)C(C)C. The first kappa shape index (κ1) is 68.9. The Morgan fingerprint density at radius 1 is 0.769 bits per heavy atom. The predicted molar refractivity (Wildman–Crippen MR) is 307 cm³/mol. The van der Waals surface area contributed by atoms with E-state index in [0.717, 1.165) is 34.4 Å². The van der Waals surface area contributed by atoms with E-state index in [9.17, 15) is 57.6 Å². The number of fused-ring (bicyclic) bond motifs is 4. The number of carboxylic acids is 1. The third kappa shape index (κ3) is 18.1. The second-order valence-corrected chi connectivity index (χ2v) is 24.4. The molecule has 36 nitrogen and oxygen atoms in total. The molecule has 496 valence electrons. The quantitative estimate of drug-likeness (QED) is 0.0273. The molecule has 0 bridgehead atoms. The van der Waals surface area contributed by atoms with Crippen LogP contribution in [-0.4, -0.2) is 189 Å². The lowest BCUT2D eigenvalue weighted by Crippen LogP contribution is -2.46. The van der Waals surface area contributed by atoms with E-state index in [1.807, 2.05) is 0 Å². The van der Waals surface area contributed by atoms with Crippen molar-refractivity contribution in [3.63, 3.8) is 0 Å². The first-order valence-corrected chi connectivity index (χ1v) is 31.2. The van der Waals surface area contributed by atoms with Crippen LogP contribution in [0.15, 0.2) is 49.6 Å². The minimum absolute atomic E-state index is 0.00910. The zero-order chi connectivity index (χ0) is 65.9. The Morgan fingerprint density at radius 3 is 1.96 bits per heavy atom. The van der Waals surface area contributed by atoms with Crippen molar-refractivity contribution in [1.82, 2.24) is 60.3 Å². The van der Waals surface area contributed by atoms with Crippen LogP contribution in [0, 0.1) is 17.8 Å².